The zero-order valence-electron chi connectivity index (χ0n) is 6.65. The highest BCUT2D eigenvalue weighted by Crippen LogP contribution is 2.17. The van der Waals surface area contributed by atoms with E-state index >= 15 is 0 Å². The molecule has 1 aromatic rings. The van der Waals surface area contributed by atoms with Crippen LogP contribution in [0.1, 0.15) is 17.9 Å². The molecule has 0 saturated heterocycles. The third-order valence-electron chi connectivity index (χ3n) is 1.28. The Hall–Kier alpha value is -0.940. The largest absolute Gasteiger partial charge is 0.479 e. The zero-order valence-corrected chi connectivity index (χ0v) is 7.47. The van der Waals surface area contributed by atoms with Gasteiger partial charge in [0.05, 0.1) is 11.5 Å². The van der Waals surface area contributed by atoms with Crippen molar-refractivity contribution in [1.29, 1.82) is 5.41 Å². The average Bonchev–Trinajstić information content (AvgIpc) is 2.55. The minimum absolute atomic E-state index is 0.123. The van der Waals surface area contributed by atoms with Crippen LogP contribution in [0.5, 0.6) is 0 Å². The van der Waals surface area contributed by atoms with Gasteiger partial charge in [0.15, 0.2) is 6.10 Å². The maximum absolute atomic E-state index is 9.43. The number of nitrogens with one attached hydrogen (secondary N) is 1. The number of aliphatic hydroxyl groups excluding tert-OH is 1. The van der Waals surface area contributed by atoms with Crippen molar-refractivity contribution < 1.29 is 9.84 Å². The molecular formula is C7H10N2O2S. The summed E-state index contributed by atoms with van der Waals surface area (Å²) in [4.78, 5) is 0.633. The number of hydrogen-bond donors (Lipinski definition) is 2. The second-order valence-corrected chi connectivity index (χ2v) is 2.98. The molecule has 0 aliphatic rings. The van der Waals surface area contributed by atoms with Crippen LogP contribution < -0.4 is 0 Å². The molecular weight excluding hydrogens is 176 g/mol. The first-order valence-corrected chi connectivity index (χ1v) is 4.33. The van der Waals surface area contributed by atoms with Gasteiger partial charge in [-0.15, -0.1) is 0 Å². The van der Waals surface area contributed by atoms with Gasteiger partial charge < -0.3 is 9.84 Å². The lowest BCUT2D eigenvalue weighted by molar-refractivity contribution is 0.193. The Morgan fingerprint density at radius 2 is 2.67 bits per heavy atom. The number of nitrogens with zero attached hydrogens (tertiary/aromatic N) is 1. The first-order valence-electron chi connectivity index (χ1n) is 3.55. The van der Waals surface area contributed by atoms with Crippen molar-refractivity contribution >= 4 is 17.4 Å². The molecule has 0 amide bonds. The Kier molecular flexibility index (Phi) is 3.19. The van der Waals surface area contributed by atoms with Crippen LogP contribution in [0.2, 0.25) is 0 Å². The van der Waals surface area contributed by atoms with Gasteiger partial charge in [0.2, 0.25) is 5.90 Å². The molecule has 0 radical (unpaired) electrons. The van der Waals surface area contributed by atoms with Crippen LogP contribution in [0, 0.1) is 5.41 Å². The maximum atomic E-state index is 9.43. The standard InChI is InChI=1S/C7H10N2O2S/c1-2-11-7(8)6(10)5-3-4-9-12-5/h3-4,6,8,10H,2H2,1H3. The SMILES string of the molecule is CCOC(=N)C(O)c1ccns1. The molecule has 1 atom stereocenters. The van der Waals surface area contributed by atoms with Crippen LogP contribution in [-0.4, -0.2) is 22.0 Å². The first kappa shape index (κ1) is 9.15. The Labute approximate surface area is 74.5 Å². The van der Waals surface area contributed by atoms with E-state index in [1.807, 2.05) is 0 Å². The van der Waals surface area contributed by atoms with Gasteiger partial charge in [-0.1, -0.05) is 0 Å². The second-order valence-electron chi connectivity index (χ2n) is 2.11. The molecule has 1 unspecified atom stereocenters. The third-order valence-corrected chi connectivity index (χ3v) is 2.07. The van der Waals surface area contributed by atoms with Gasteiger partial charge in [0.1, 0.15) is 0 Å². The zero-order chi connectivity index (χ0) is 8.97. The summed E-state index contributed by atoms with van der Waals surface area (Å²) in [5, 5.41) is 16.7. The molecule has 0 fully saturated rings. The van der Waals surface area contributed by atoms with E-state index in [2.05, 4.69) is 4.37 Å². The van der Waals surface area contributed by atoms with Crippen molar-refractivity contribution in [2.75, 3.05) is 6.61 Å². The van der Waals surface area contributed by atoms with E-state index in [-0.39, 0.29) is 5.90 Å². The summed E-state index contributed by atoms with van der Waals surface area (Å²) in [5.41, 5.74) is 0. The Balaban J connectivity index is 2.59. The van der Waals surface area contributed by atoms with E-state index in [0.29, 0.717) is 11.5 Å². The van der Waals surface area contributed by atoms with Crippen molar-refractivity contribution in [3.8, 4) is 0 Å². The number of rotatable bonds is 3. The Morgan fingerprint density at radius 1 is 1.92 bits per heavy atom. The van der Waals surface area contributed by atoms with Crippen molar-refractivity contribution in [3.05, 3.63) is 17.1 Å². The molecule has 1 heterocycles. The van der Waals surface area contributed by atoms with Crippen molar-refractivity contribution in [2.24, 2.45) is 0 Å². The summed E-state index contributed by atoms with van der Waals surface area (Å²) >= 11 is 1.16. The minimum atomic E-state index is -0.961. The van der Waals surface area contributed by atoms with Gasteiger partial charge in [-0.2, -0.15) is 0 Å². The van der Waals surface area contributed by atoms with E-state index in [1.165, 1.54) is 0 Å². The van der Waals surface area contributed by atoms with E-state index in [4.69, 9.17) is 10.1 Å². The highest BCUT2D eigenvalue weighted by atomic mass is 32.1. The number of ether oxygens (including phenoxy) is 1. The fourth-order valence-electron chi connectivity index (χ4n) is 0.730. The fraction of sp³-hybridized carbons (Fsp3) is 0.429. The number of hydrogen-bond acceptors (Lipinski definition) is 5. The molecule has 0 spiro atoms. The molecule has 1 rings (SSSR count). The van der Waals surface area contributed by atoms with E-state index < -0.39 is 6.10 Å². The average molecular weight is 186 g/mol. The Morgan fingerprint density at radius 3 is 3.17 bits per heavy atom. The molecule has 5 heteroatoms. The summed E-state index contributed by atoms with van der Waals surface area (Å²) in [6.45, 7) is 2.17. The summed E-state index contributed by atoms with van der Waals surface area (Å²) in [6, 6.07) is 1.67. The van der Waals surface area contributed by atoms with Gasteiger partial charge in [0.25, 0.3) is 0 Å². The van der Waals surface area contributed by atoms with Crippen LogP contribution in [0.15, 0.2) is 12.3 Å². The van der Waals surface area contributed by atoms with E-state index in [1.54, 1.807) is 19.2 Å². The van der Waals surface area contributed by atoms with Crippen molar-refractivity contribution in [2.45, 2.75) is 13.0 Å². The summed E-state index contributed by atoms with van der Waals surface area (Å²) < 4.78 is 8.65. The van der Waals surface area contributed by atoms with Gasteiger partial charge in [0, 0.05) is 6.20 Å². The molecule has 4 nitrogen and oxygen atoms in total. The van der Waals surface area contributed by atoms with Gasteiger partial charge >= 0.3 is 0 Å². The minimum Gasteiger partial charge on any atom is -0.479 e. The van der Waals surface area contributed by atoms with Crippen LogP contribution in [0.4, 0.5) is 0 Å². The van der Waals surface area contributed by atoms with Crippen LogP contribution >= 0.6 is 11.5 Å². The van der Waals surface area contributed by atoms with Gasteiger partial charge in [-0.3, -0.25) is 5.41 Å². The predicted molar refractivity (Wildman–Crippen MR) is 46.4 cm³/mol. The molecule has 66 valence electrons. The normalized spacial score (nSPS) is 12.5. The van der Waals surface area contributed by atoms with Crippen molar-refractivity contribution in [3.63, 3.8) is 0 Å². The third kappa shape index (κ3) is 2.02. The first-order chi connectivity index (χ1) is 5.75. The lowest BCUT2D eigenvalue weighted by atomic mass is 10.3. The van der Waals surface area contributed by atoms with Gasteiger partial charge in [-0.05, 0) is 24.5 Å². The monoisotopic (exact) mass is 186 g/mol. The molecule has 1 aromatic heterocycles. The van der Waals surface area contributed by atoms with Gasteiger partial charge in [-0.25, -0.2) is 4.37 Å². The molecule has 0 aromatic carbocycles. The summed E-state index contributed by atoms with van der Waals surface area (Å²) in [5.74, 6) is -0.123. The van der Waals surface area contributed by atoms with E-state index in [0.717, 1.165) is 11.5 Å². The molecule has 0 aliphatic heterocycles. The van der Waals surface area contributed by atoms with Crippen LogP contribution in [0.25, 0.3) is 0 Å². The molecule has 0 aliphatic carbocycles. The van der Waals surface area contributed by atoms with Crippen LogP contribution in [0.3, 0.4) is 0 Å². The lowest BCUT2D eigenvalue weighted by Crippen LogP contribution is -2.13. The number of aliphatic hydroxyl groups is 1. The molecule has 0 bridgehead atoms. The topological polar surface area (TPSA) is 66.2 Å². The lowest BCUT2D eigenvalue weighted by Gasteiger charge is -2.09. The smallest absolute Gasteiger partial charge is 0.215 e. The maximum Gasteiger partial charge on any atom is 0.215 e. The summed E-state index contributed by atoms with van der Waals surface area (Å²) in [7, 11) is 0. The quantitative estimate of drug-likeness (QED) is 0.550. The fourth-order valence-corrected chi connectivity index (χ4v) is 1.30. The Bertz CT molecular complexity index is 248. The highest BCUT2D eigenvalue weighted by Gasteiger charge is 2.15. The predicted octanol–water partition coefficient (Wildman–Crippen LogP) is 1.19. The molecule has 12 heavy (non-hydrogen) atoms. The second kappa shape index (κ2) is 4.18. The molecule has 0 saturated carbocycles. The molecule has 2 N–H and O–H groups in total. The summed E-state index contributed by atoms with van der Waals surface area (Å²) in [6.07, 6.45) is 0.625. The number of aromatic nitrogens is 1. The van der Waals surface area contributed by atoms with Crippen LogP contribution in [-0.2, 0) is 4.74 Å². The highest BCUT2D eigenvalue weighted by molar-refractivity contribution is 7.05. The van der Waals surface area contributed by atoms with Crippen molar-refractivity contribution in [1.82, 2.24) is 4.37 Å². The van der Waals surface area contributed by atoms with E-state index in [9.17, 15) is 5.11 Å².